The Hall–Kier alpha value is -6.35. The van der Waals surface area contributed by atoms with Gasteiger partial charge in [-0.3, -0.25) is 9.55 Å². The van der Waals surface area contributed by atoms with Crippen molar-refractivity contribution in [3.8, 4) is 78.6 Å². The number of hydrogen-bond acceptors (Lipinski definition) is 3. The Bertz CT molecular complexity index is 3380. The predicted octanol–water partition coefficient (Wildman–Crippen LogP) is 17.1. The molecule has 4 nitrogen and oxygen atoms in total. The predicted molar refractivity (Wildman–Crippen MR) is 282 cm³/mol. The van der Waals surface area contributed by atoms with Crippen molar-refractivity contribution in [3.05, 3.63) is 192 Å². The largest absolute Gasteiger partial charge is 0.507 e. The second kappa shape index (κ2) is 19.0. The van der Waals surface area contributed by atoms with E-state index in [2.05, 4.69) is 165 Å². The van der Waals surface area contributed by atoms with Crippen LogP contribution in [0.15, 0.2) is 158 Å². The molecule has 7 aromatic carbocycles. The van der Waals surface area contributed by atoms with Gasteiger partial charge in [-0.25, -0.2) is 4.98 Å². The fraction of sp³-hybridized carbons (Fsp3) is 0.238. The van der Waals surface area contributed by atoms with Crippen LogP contribution in [0.4, 0.5) is 0 Å². The van der Waals surface area contributed by atoms with Crippen molar-refractivity contribution in [2.45, 2.75) is 98.8 Å². The molecule has 346 valence electrons. The third-order valence-electron chi connectivity index (χ3n) is 13.1. The van der Waals surface area contributed by atoms with E-state index >= 15 is 0 Å². The van der Waals surface area contributed by atoms with Gasteiger partial charge in [0.2, 0.25) is 0 Å². The smallest absolute Gasteiger partial charge is 0.148 e. The van der Waals surface area contributed by atoms with Gasteiger partial charge >= 0.3 is 0 Å². The molecule has 0 saturated carbocycles. The topological polar surface area (TPSA) is 50.9 Å². The number of imidazole rings is 1. The monoisotopic (exact) mass is 1070 g/mol. The Morgan fingerprint density at radius 3 is 1.85 bits per heavy atom. The number of aryl methyl sites for hydroxylation is 1. The van der Waals surface area contributed by atoms with E-state index in [1.807, 2.05) is 72.9 Å². The van der Waals surface area contributed by atoms with Gasteiger partial charge in [0.25, 0.3) is 0 Å². The van der Waals surface area contributed by atoms with E-state index < -0.39 is 6.85 Å². The molecule has 9 aromatic rings. The molecular formula is C63H62N3OPt-. The number of para-hydroxylation sites is 1. The zero-order valence-electron chi connectivity index (χ0n) is 43.8. The fourth-order valence-electron chi connectivity index (χ4n) is 9.05. The van der Waals surface area contributed by atoms with Gasteiger partial charge in [0.1, 0.15) is 11.6 Å². The molecule has 1 N–H and O–H groups in total. The molecule has 0 radical (unpaired) electrons. The molecule has 0 fully saturated rings. The second-order valence-electron chi connectivity index (χ2n) is 20.6. The number of benzene rings is 7. The first kappa shape index (κ1) is 44.2. The summed E-state index contributed by atoms with van der Waals surface area (Å²) in [5.74, 6) is 0.895. The minimum Gasteiger partial charge on any atom is -0.507 e. The maximum Gasteiger partial charge on any atom is 0.148 e. The Kier molecular flexibility index (Phi) is 12.3. The summed E-state index contributed by atoms with van der Waals surface area (Å²) in [6, 6.07) is 55.2. The van der Waals surface area contributed by atoms with E-state index in [-0.39, 0.29) is 55.0 Å². The van der Waals surface area contributed by atoms with Crippen LogP contribution >= 0.6 is 0 Å². The average molecular weight is 1080 g/mol. The van der Waals surface area contributed by atoms with Gasteiger partial charge in [0, 0.05) is 42.6 Å². The molecular weight excluding hydrogens is 1010 g/mol. The molecule has 5 heteroatoms. The number of hydrogen-bond donors (Lipinski definition) is 1. The van der Waals surface area contributed by atoms with Crippen LogP contribution in [-0.2, 0) is 31.9 Å². The SMILES string of the molecule is [2H]C([2H])([2H])c1cc(-c2ccc(C(C)(C)C)cc2)c(-n2c(-c3cc(C(C)C)cc(C(C)C)c3O)nc3c(-c4[c-]c(-c5cc(-c6ccccc6)ccn5)cc(C(C)(C)C)c4)cccc32)cc1-c1ccccc1.[Pt]. The van der Waals surface area contributed by atoms with Crippen molar-refractivity contribution in [3.63, 3.8) is 0 Å². The van der Waals surface area contributed by atoms with Crippen molar-refractivity contribution in [1.82, 2.24) is 14.5 Å². The van der Waals surface area contributed by atoms with Gasteiger partial charge < -0.3 is 5.11 Å². The summed E-state index contributed by atoms with van der Waals surface area (Å²) in [6.07, 6.45) is 1.86. The normalized spacial score (nSPS) is 12.8. The standard InChI is InChI=1S/C63H62N3O.Pt/c1-39(2)46-35-52(40(3)4)60(67)55(36-46)61-65-59-51(47-32-48(34-50(33-47)63(9,10)11)56-37-45(29-30-64-56)42-19-14-12-15-20-42)23-18-24-57(59)66(61)58-38-53(43-21-16-13-17-22-43)41(5)31-54(58)44-25-27-49(28-26-44)62(6,7)8;/h12-31,33-40,67H,1-11H3;/q-1;/i5D3;. The number of aromatic nitrogens is 3. The van der Waals surface area contributed by atoms with Gasteiger partial charge in [-0.05, 0) is 110 Å². The first-order valence-electron chi connectivity index (χ1n) is 25.0. The molecule has 0 atom stereocenters. The Balaban J connectivity index is 0.00000676. The van der Waals surface area contributed by atoms with Crippen molar-refractivity contribution < 1.29 is 30.3 Å². The maximum absolute atomic E-state index is 12.5. The van der Waals surface area contributed by atoms with E-state index in [0.717, 1.165) is 78.1 Å². The van der Waals surface area contributed by atoms with Gasteiger partial charge in [-0.1, -0.05) is 190 Å². The van der Waals surface area contributed by atoms with E-state index in [9.17, 15) is 5.11 Å². The zero-order chi connectivity index (χ0) is 49.9. The quantitative estimate of drug-likeness (QED) is 0.147. The Morgan fingerprint density at radius 1 is 0.574 bits per heavy atom. The number of aromatic hydroxyl groups is 1. The number of phenolic OH excluding ortho intramolecular Hbond substituents is 1. The molecule has 0 bridgehead atoms. The molecule has 0 spiro atoms. The van der Waals surface area contributed by atoms with Gasteiger partial charge in [-0.2, -0.15) is 0 Å². The number of fused-ring (bicyclic) bond motifs is 1. The Morgan fingerprint density at radius 2 is 1.22 bits per heavy atom. The number of pyridine rings is 1. The molecule has 0 aliphatic rings. The van der Waals surface area contributed by atoms with Crippen LogP contribution in [0.5, 0.6) is 5.75 Å². The van der Waals surface area contributed by atoms with Crippen LogP contribution in [-0.4, -0.2) is 19.6 Å². The van der Waals surface area contributed by atoms with Crippen LogP contribution in [0.2, 0.25) is 0 Å². The minimum absolute atomic E-state index is 0. The van der Waals surface area contributed by atoms with Gasteiger partial charge in [-0.15, -0.1) is 29.3 Å². The summed E-state index contributed by atoms with van der Waals surface area (Å²) in [6.45, 7) is 19.3. The molecule has 68 heavy (non-hydrogen) atoms. The van der Waals surface area contributed by atoms with Crippen molar-refractivity contribution >= 4 is 11.0 Å². The molecule has 0 amide bonds. The summed E-state index contributed by atoms with van der Waals surface area (Å²) in [5, 5.41) is 12.5. The van der Waals surface area contributed by atoms with E-state index in [1.54, 1.807) is 0 Å². The number of nitrogens with zero attached hydrogens (tertiary/aromatic N) is 3. The molecule has 0 aliphatic heterocycles. The van der Waals surface area contributed by atoms with E-state index in [4.69, 9.17) is 14.1 Å². The molecule has 2 aromatic heterocycles. The third-order valence-corrected chi connectivity index (χ3v) is 13.1. The van der Waals surface area contributed by atoms with E-state index in [1.165, 1.54) is 5.56 Å². The average Bonchev–Trinajstić information content (AvgIpc) is 3.72. The number of rotatable bonds is 9. The zero-order valence-corrected chi connectivity index (χ0v) is 43.0. The van der Waals surface area contributed by atoms with Crippen molar-refractivity contribution in [2.75, 3.05) is 0 Å². The van der Waals surface area contributed by atoms with Crippen LogP contribution in [0.1, 0.15) is 113 Å². The van der Waals surface area contributed by atoms with Crippen molar-refractivity contribution in [2.24, 2.45) is 0 Å². The van der Waals surface area contributed by atoms with Crippen LogP contribution < -0.4 is 0 Å². The molecule has 0 aliphatic carbocycles. The molecule has 0 unspecified atom stereocenters. The molecule has 0 saturated heterocycles. The maximum atomic E-state index is 12.5. The summed E-state index contributed by atoms with van der Waals surface area (Å²) in [7, 11) is 0. The summed E-state index contributed by atoms with van der Waals surface area (Å²) < 4.78 is 29.0. The minimum atomic E-state index is -2.44. The second-order valence-corrected chi connectivity index (χ2v) is 20.6. The van der Waals surface area contributed by atoms with Gasteiger partial charge in [0.05, 0.1) is 22.3 Å². The number of phenols is 1. The van der Waals surface area contributed by atoms with Crippen LogP contribution in [0, 0.1) is 12.9 Å². The first-order valence-corrected chi connectivity index (χ1v) is 23.5. The fourth-order valence-corrected chi connectivity index (χ4v) is 9.05. The molecule has 9 rings (SSSR count). The third kappa shape index (κ3) is 9.41. The summed E-state index contributed by atoms with van der Waals surface area (Å²) >= 11 is 0. The summed E-state index contributed by atoms with van der Waals surface area (Å²) in [5.41, 5.74) is 15.5. The van der Waals surface area contributed by atoms with Gasteiger partial charge in [0.15, 0.2) is 0 Å². The van der Waals surface area contributed by atoms with Crippen LogP contribution in [0.3, 0.4) is 0 Å². The van der Waals surface area contributed by atoms with Crippen LogP contribution in [0.25, 0.3) is 83.9 Å². The Labute approximate surface area is 422 Å². The summed E-state index contributed by atoms with van der Waals surface area (Å²) in [4.78, 5) is 10.6. The van der Waals surface area contributed by atoms with Crippen molar-refractivity contribution in [1.29, 1.82) is 0 Å². The first-order chi connectivity index (χ1) is 33.2. The van der Waals surface area contributed by atoms with E-state index in [0.29, 0.717) is 22.5 Å². The molecule has 2 heterocycles.